The summed E-state index contributed by atoms with van der Waals surface area (Å²) in [6.45, 7) is 0. The van der Waals surface area contributed by atoms with Crippen molar-refractivity contribution in [3.05, 3.63) is 24.3 Å². The van der Waals surface area contributed by atoms with Gasteiger partial charge in [-0.15, -0.1) is 0 Å². The highest BCUT2D eigenvalue weighted by Crippen LogP contribution is 2.24. The third kappa shape index (κ3) is 2.14. The summed E-state index contributed by atoms with van der Waals surface area (Å²) in [6.07, 6.45) is 5.44. The zero-order valence-electron chi connectivity index (χ0n) is 7.70. The van der Waals surface area contributed by atoms with E-state index in [4.69, 9.17) is 10.5 Å². The Kier molecular flexibility index (Phi) is 2.39. The normalized spacial score (nSPS) is 17.5. The van der Waals surface area contributed by atoms with Crippen LogP contribution in [0.25, 0.3) is 0 Å². The van der Waals surface area contributed by atoms with Gasteiger partial charge in [0.25, 0.3) is 0 Å². The summed E-state index contributed by atoms with van der Waals surface area (Å²) < 4.78 is 5.77. The van der Waals surface area contributed by atoms with Crippen LogP contribution in [0.2, 0.25) is 0 Å². The van der Waals surface area contributed by atoms with Crippen LogP contribution < -0.4 is 10.5 Å². The SMILES string of the molecule is Nc1ccc(OC2CCCC2)cc1. The molecule has 1 aromatic carbocycles. The number of benzene rings is 1. The lowest BCUT2D eigenvalue weighted by Gasteiger charge is -2.12. The van der Waals surface area contributed by atoms with Gasteiger partial charge in [0, 0.05) is 5.69 Å². The van der Waals surface area contributed by atoms with Gasteiger partial charge in [0.2, 0.25) is 0 Å². The fraction of sp³-hybridized carbons (Fsp3) is 0.455. The van der Waals surface area contributed by atoms with E-state index in [1.807, 2.05) is 24.3 Å². The molecule has 0 aromatic heterocycles. The van der Waals surface area contributed by atoms with E-state index in [2.05, 4.69) is 0 Å². The fourth-order valence-electron chi connectivity index (χ4n) is 1.75. The van der Waals surface area contributed by atoms with Crippen LogP contribution in [0.5, 0.6) is 5.75 Å². The Bertz CT molecular complexity index is 262. The Morgan fingerprint density at radius 2 is 1.69 bits per heavy atom. The largest absolute Gasteiger partial charge is 0.490 e. The molecule has 0 saturated heterocycles. The van der Waals surface area contributed by atoms with Gasteiger partial charge in [0.15, 0.2) is 0 Å². The standard InChI is InChI=1S/C11H15NO/c12-9-5-7-11(8-6-9)13-10-3-1-2-4-10/h5-8,10H,1-4,12H2. The molecular weight excluding hydrogens is 162 g/mol. The monoisotopic (exact) mass is 177 g/mol. The van der Waals surface area contributed by atoms with Gasteiger partial charge in [-0.05, 0) is 49.9 Å². The third-order valence-electron chi connectivity index (χ3n) is 2.49. The molecule has 70 valence electrons. The van der Waals surface area contributed by atoms with Crippen molar-refractivity contribution in [2.75, 3.05) is 5.73 Å². The lowest BCUT2D eigenvalue weighted by molar-refractivity contribution is 0.210. The Hall–Kier alpha value is -1.18. The molecule has 0 aliphatic heterocycles. The first-order valence-corrected chi connectivity index (χ1v) is 4.87. The van der Waals surface area contributed by atoms with Gasteiger partial charge in [-0.1, -0.05) is 0 Å². The van der Waals surface area contributed by atoms with Gasteiger partial charge < -0.3 is 10.5 Å². The molecule has 0 bridgehead atoms. The fourth-order valence-corrected chi connectivity index (χ4v) is 1.75. The summed E-state index contributed by atoms with van der Waals surface area (Å²) in [5.74, 6) is 0.945. The maximum atomic E-state index is 5.77. The van der Waals surface area contributed by atoms with Crippen LogP contribution in [0, 0.1) is 0 Å². The average Bonchev–Trinajstić information content (AvgIpc) is 2.62. The number of ether oxygens (including phenoxy) is 1. The lowest BCUT2D eigenvalue weighted by Crippen LogP contribution is -2.10. The van der Waals surface area contributed by atoms with Crippen LogP contribution in [0.4, 0.5) is 5.69 Å². The quantitative estimate of drug-likeness (QED) is 0.705. The Labute approximate surface area is 78.7 Å². The van der Waals surface area contributed by atoms with Gasteiger partial charge in [-0.3, -0.25) is 0 Å². The highest BCUT2D eigenvalue weighted by Gasteiger charge is 2.15. The van der Waals surface area contributed by atoms with Gasteiger partial charge in [0.05, 0.1) is 6.10 Å². The van der Waals surface area contributed by atoms with Crippen molar-refractivity contribution < 1.29 is 4.74 Å². The van der Waals surface area contributed by atoms with Crippen molar-refractivity contribution in [1.82, 2.24) is 0 Å². The minimum atomic E-state index is 0.434. The van der Waals surface area contributed by atoms with E-state index >= 15 is 0 Å². The number of hydrogen-bond acceptors (Lipinski definition) is 2. The summed E-state index contributed by atoms with van der Waals surface area (Å²) in [5, 5.41) is 0. The van der Waals surface area contributed by atoms with Crippen LogP contribution in [0.1, 0.15) is 25.7 Å². The molecule has 0 spiro atoms. The van der Waals surface area contributed by atoms with Gasteiger partial charge >= 0.3 is 0 Å². The molecule has 2 N–H and O–H groups in total. The maximum absolute atomic E-state index is 5.77. The molecule has 0 heterocycles. The predicted octanol–water partition coefficient (Wildman–Crippen LogP) is 2.59. The van der Waals surface area contributed by atoms with E-state index in [9.17, 15) is 0 Å². The molecule has 0 radical (unpaired) electrons. The van der Waals surface area contributed by atoms with E-state index in [0.29, 0.717) is 6.10 Å². The summed E-state index contributed by atoms with van der Waals surface area (Å²) >= 11 is 0. The van der Waals surface area contributed by atoms with E-state index in [0.717, 1.165) is 11.4 Å². The lowest BCUT2D eigenvalue weighted by atomic mass is 10.3. The van der Waals surface area contributed by atoms with Crippen molar-refractivity contribution in [3.63, 3.8) is 0 Å². The minimum absolute atomic E-state index is 0.434. The Morgan fingerprint density at radius 3 is 2.31 bits per heavy atom. The van der Waals surface area contributed by atoms with Crippen molar-refractivity contribution in [3.8, 4) is 5.75 Å². The highest BCUT2D eigenvalue weighted by molar-refractivity contribution is 5.41. The number of nitrogen functional groups attached to an aromatic ring is 1. The van der Waals surface area contributed by atoms with Gasteiger partial charge in [0.1, 0.15) is 5.75 Å². The van der Waals surface area contributed by atoms with Crippen LogP contribution in [-0.4, -0.2) is 6.10 Å². The zero-order valence-corrected chi connectivity index (χ0v) is 7.70. The zero-order chi connectivity index (χ0) is 9.10. The molecule has 13 heavy (non-hydrogen) atoms. The third-order valence-corrected chi connectivity index (χ3v) is 2.49. The topological polar surface area (TPSA) is 35.2 Å². The van der Waals surface area contributed by atoms with Gasteiger partial charge in [-0.25, -0.2) is 0 Å². The second-order valence-electron chi connectivity index (χ2n) is 3.59. The molecule has 0 atom stereocenters. The highest BCUT2D eigenvalue weighted by atomic mass is 16.5. The first-order valence-electron chi connectivity index (χ1n) is 4.87. The van der Waals surface area contributed by atoms with E-state index in [1.165, 1.54) is 25.7 Å². The summed E-state index contributed by atoms with van der Waals surface area (Å²) in [7, 11) is 0. The molecule has 0 amide bonds. The van der Waals surface area contributed by atoms with Crippen LogP contribution in [-0.2, 0) is 0 Å². The molecule has 1 aromatic rings. The van der Waals surface area contributed by atoms with Crippen LogP contribution >= 0.6 is 0 Å². The molecule has 2 rings (SSSR count). The minimum Gasteiger partial charge on any atom is -0.490 e. The second-order valence-corrected chi connectivity index (χ2v) is 3.59. The smallest absolute Gasteiger partial charge is 0.119 e. The van der Waals surface area contributed by atoms with Gasteiger partial charge in [-0.2, -0.15) is 0 Å². The number of hydrogen-bond donors (Lipinski definition) is 1. The van der Waals surface area contributed by atoms with E-state index < -0.39 is 0 Å². The summed E-state index contributed by atoms with van der Waals surface area (Å²) in [5.41, 5.74) is 6.37. The number of anilines is 1. The maximum Gasteiger partial charge on any atom is 0.119 e. The summed E-state index contributed by atoms with van der Waals surface area (Å²) in [6, 6.07) is 7.63. The molecule has 2 nitrogen and oxygen atoms in total. The molecule has 1 aliphatic carbocycles. The summed E-state index contributed by atoms with van der Waals surface area (Å²) in [4.78, 5) is 0. The predicted molar refractivity (Wildman–Crippen MR) is 53.7 cm³/mol. The molecule has 2 heteroatoms. The molecule has 1 saturated carbocycles. The Morgan fingerprint density at radius 1 is 1.08 bits per heavy atom. The first-order chi connectivity index (χ1) is 6.34. The van der Waals surface area contributed by atoms with Crippen molar-refractivity contribution in [2.45, 2.75) is 31.8 Å². The molecule has 1 fully saturated rings. The van der Waals surface area contributed by atoms with Crippen molar-refractivity contribution in [2.24, 2.45) is 0 Å². The van der Waals surface area contributed by atoms with E-state index in [1.54, 1.807) is 0 Å². The average molecular weight is 177 g/mol. The molecule has 1 aliphatic rings. The van der Waals surface area contributed by atoms with Crippen molar-refractivity contribution >= 4 is 5.69 Å². The van der Waals surface area contributed by atoms with Crippen LogP contribution in [0.15, 0.2) is 24.3 Å². The number of rotatable bonds is 2. The van der Waals surface area contributed by atoms with E-state index in [-0.39, 0.29) is 0 Å². The Balaban J connectivity index is 1.97. The second kappa shape index (κ2) is 3.69. The first kappa shape index (κ1) is 8.42. The van der Waals surface area contributed by atoms with Crippen molar-refractivity contribution in [1.29, 1.82) is 0 Å². The molecular formula is C11H15NO. The van der Waals surface area contributed by atoms with Crippen LogP contribution in [0.3, 0.4) is 0 Å². The molecule has 0 unspecified atom stereocenters. The number of nitrogens with two attached hydrogens (primary N) is 1.